The third kappa shape index (κ3) is 9.65. The number of Topliss-reactive ketones (excluding diaryl/α,β-unsaturated/α-hetero) is 1. The van der Waals surface area contributed by atoms with Gasteiger partial charge in [-0.15, -0.1) is 0 Å². The fourth-order valence-electron chi connectivity index (χ4n) is 7.62. The standard InChI is InChI=1S/C44H52N8O7/c1-25(2)37(49-43(56)58-6)41(54)51-20-8-9-35(51)39-45-22-33(47-39)30-16-12-28(13-17-30)10-11-29-14-18-31(19-15-29)34-23-46-40(48-34)36-21-32(27(5)53)24-52(36)42(55)38(26(3)4)50-44(57)59-7/h12-19,22-23,25-26,32,35-38H,8-9,20-21,24H2,1-7H3,(H,45,47)(H,46,48)(H,49,56)(H,50,57)/t32?,35-,36-,37-,38-/m0/s1. The molecular formula is C44H52N8O7. The molecule has 15 heteroatoms. The summed E-state index contributed by atoms with van der Waals surface area (Å²) in [5.41, 5.74) is 5.05. The topological polar surface area (TPSA) is 192 Å². The van der Waals surface area contributed by atoms with Gasteiger partial charge >= 0.3 is 12.2 Å². The zero-order valence-electron chi connectivity index (χ0n) is 34.5. The van der Waals surface area contributed by atoms with Gasteiger partial charge < -0.3 is 39.9 Å². The van der Waals surface area contributed by atoms with Crippen molar-refractivity contribution in [1.82, 2.24) is 40.4 Å². The van der Waals surface area contributed by atoms with E-state index in [0.29, 0.717) is 24.6 Å². The Balaban J connectivity index is 1.10. The predicted octanol–water partition coefficient (Wildman–Crippen LogP) is 5.77. The Morgan fingerprint density at radius 3 is 1.61 bits per heavy atom. The van der Waals surface area contributed by atoms with E-state index in [0.717, 1.165) is 46.5 Å². The van der Waals surface area contributed by atoms with Crippen LogP contribution < -0.4 is 10.6 Å². The molecule has 0 radical (unpaired) electrons. The molecule has 2 saturated heterocycles. The zero-order valence-corrected chi connectivity index (χ0v) is 34.5. The molecule has 0 aliphatic carbocycles. The number of carbonyl (C=O) groups excluding carboxylic acids is 5. The highest BCUT2D eigenvalue weighted by Crippen LogP contribution is 2.37. The summed E-state index contributed by atoms with van der Waals surface area (Å²) in [5, 5.41) is 5.33. The van der Waals surface area contributed by atoms with E-state index in [4.69, 9.17) is 9.47 Å². The van der Waals surface area contributed by atoms with Crippen LogP contribution in [0.4, 0.5) is 9.59 Å². The second-order valence-corrected chi connectivity index (χ2v) is 15.7. The van der Waals surface area contributed by atoms with Crippen molar-refractivity contribution in [2.75, 3.05) is 27.3 Å². The molecule has 310 valence electrons. The zero-order chi connectivity index (χ0) is 42.4. The highest BCUT2D eigenvalue weighted by molar-refractivity contribution is 5.88. The number of rotatable bonds is 11. The van der Waals surface area contributed by atoms with Crippen LogP contribution >= 0.6 is 0 Å². The normalized spacial score (nSPS) is 18.6. The average molecular weight is 805 g/mol. The number of aromatic nitrogens is 4. The summed E-state index contributed by atoms with van der Waals surface area (Å²) in [4.78, 5) is 83.1. The molecule has 4 aromatic rings. The molecule has 2 aliphatic rings. The number of alkyl carbamates (subject to hydrolysis) is 2. The first-order valence-corrected chi connectivity index (χ1v) is 19.9. The van der Waals surface area contributed by atoms with Crippen LogP contribution in [0.2, 0.25) is 0 Å². The van der Waals surface area contributed by atoms with Crippen molar-refractivity contribution >= 4 is 29.8 Å². The van der Waals surface area contributed by atoms with Gasteiger partial charge in [0.25, 0.3) is 0 Å². The molecule has 4 heterocycles. The minimum Gasteiger partial charge on any atom is -0.453 e. The molecule has 59 heavy (non-hydrogen) atoms. The Kier molecular flexibility index (Phi) is 13.2. The maximum atomic E-state index is 13.8. The number of imidazole rings is 2. The minimum absolute atomic E-state index is 0.00537. The van der Waals surface area contributed by atoms with E-state index >= 15 is 0 Å². The summed E-state index contributed by atoms with van der Waals surface area (Å²) in [5.74, 6) is 6.60. The van der Waals surface area contributed by atoms with Crippen LogP contribution in [0, 0.1) is 29.6 Å². The summed E-state index contributed by atoms with van der Waals surface area (Å²) in [6.45, 7) is 9.81. The maximum Gasteiger partial charge on any atom is 0.407 e. The summed E-state index contributed by atoms with van der Waals surface area (Å²) in [7, 11) is 2.53. The quantitative estimate of drug-likeness (QED) is 0.136. The Morgan fingerprint density at radius 2 is 1.17 bits per heavy atom. The number of aromatic amines is 2. The molecule has 5 atom stereocenters. The molecule has 0 saturated carbocycles. The second kappa shape index (κ2) is 18.4. The highest BCUT2D eigenvalue weighted by Gasteiger charge is 2.43. The van der Waals surface area contributed by atoms with Crippen molar-refractivity contribution in [2.45, 2.75) is 78.0 Å². The van der Waals surface area contributed by atoms with Crippen molar-refractivity contribution in [3.05, 3.63) is 83.7 Å². The largest absolute Gasteiger partial charge is 0.453 e. The number of ether oxygens (including phenoxy) is 2. The average Bonchev–Trinajstić information content (AvgIpc) is 4.07. The van der Waals surface area contributed by atoms with Crippen molar-refractivity contribution in [3.8, 4) is 34.4 Å². The molecular weight excluding hydrogens is 753 g/mol. The number of amides is 4. The summed E-state index contributed by atoms with van der Waals surface area (Å²) >= 11 is 0. The molecule has 2 aromatic carbocycles. The van der Waals surface area contributed by atoms with Crippen molar-refractivity contribution < 1.29 is 33.4 Å². The number of H-pyrrole nitrogens is 2. The molecule has 2 aromatic heterocycles. The number of hydrogen-bond donors (Lipinski definition) is 4. The van der Waals surface area contributed by atoms with Gasteiger partial charge in [0, 0.05) is 30.1 Å². The lowest BCUT2D eigenvalue weighted by molar-refractivity contribution is -0.136. The number of benzene rings is 2. The predicted molar refractivity (Wildman–Crippen MR) is 219 cm³/mol. The Morgan fingerprint density at radius 1 is 0.712 bits per heavy atom. The number of carbonyl (C=O) groups is 5. The van der Waals surface area contributed by atoms with Crippen LogP contribution in [0.25, 0.3) is 22.5 Å². The first-order chi connectivity index (χ1) is 28.3. The molecule has 15 nitrogen and oxygen atoms in total. The molecule has 2 aliphatic heterocycles. The lowest BCUT2D eigenvalue weighted by atomic mass is 10.0. The molecule has 4 amide bonds. The maximum absolute atomic E-state index is 13.8. The van der Waals surface area contributed by atoms with E-state index in [1.54, 1.807) is 22.2 Å². The lowest BCUT2D eigenvalue weighted by Crippen LogP contribution is -2.51. The third-order valence-corrected chi connectivity index (χ3v) is 11.0. The monoisotopic (exact) mass is 804 g/mol. The minimum atomic E-state index is -0.821. The Hall–Kier alpha value is -6.43. The van der Waals surface area contributed by atoms with Crippen molar-refractivity contribution in [3.63, 3.8) is 0 Å². The van der Waals surface area contributed by atoms with E-state index in [1.165, 1.54) is 21.1 Å². The van der Waals surface area contributed by atoms with E-state index in [-0.39, 0.29) is 47.9 Å². The van der Waals surface area contributed by atoms with E-state index in [9.17, 15) is 24.0 Å². The van der Waals surface area contributed by atoms with Gasteiger partial charge in [0.1, 0.15) is 29.5 Å². The van der Waals surface area contributed by atoms with Gasteiger partial charge in [0.05, 0.1) is 50.1 Å². The Bertz CT molecular complexity index is 2220. The van der Waals surface area contributed by atoms with Crippen LogP contribution in [0.15, 0.2) is 60.9 Å². The third-order valence-electron chi connectivity index (χ3n) is 11.0. The van der Waals surface area contributed by atoms with Crippen LogP contribution in [0.3, 0.4) is 0 Å². The SMILES string of the molecule is COC(=O)N[C@H](C(=O)N1CCC[C@H]1c1ncc(-c2ccc(C#Cc3ccc(-c4cnc([C@@H]5CC(C(C)=O)CN5C(=O)[C@@H](NC(=O)OC)C(C)C)[nH]4)cc3)cc2)[nH]1)C(C)C. The molecule has 1 unspecified atom stereocenters. The molecule has 2 fully saturated rings. The molecule has 6 rings (SSSR count). The fourth-order valence-corrected chi connectivity index (χ4v) is 7.62. The first-order valence-electron chi connectivity index (χ1n) is 19.9. The van der Waals surface area contributed by atoms with Crippen LogP contribution in [-0.2, 0) is 23.9 Å². The van der Waals surface area contributed by atoms with E-state index in [1.807, 2.05) is 76.2 Å². The number of methoxy groups -OCH3 is 2. The first kappa shape index (κ1) is 42.2. The smallest absolute Gasteiger partial charge is 0.407 e. The number of nitrogens with one attached hydrogen (secondary N) is 4. The van der Waals surface area contributed by atoms with Gasteiger partial charge in [-0.3, -0.25) is 14.4 Å². The molecule has 0 spiro atoms. The van der Waals surface area contributed by atoms with Crippen LogP contribution in [-0.4, -0.2) is 98.9 Å². The summed E-state index contributed by atoms with van der Waals surface area (Å²) in [6, 6.07) is 13.4. The van der Waals surface area contributed by atoms with Gasteiger partial charge in [-0.05, 0) is 73.4 Å². The van der Waals surface area contributed by atoms with Gasteiger partial charge in [-0.2, -0.15) is 0 Å². The second-order valence-electron chi connectivity index (χ2n) is 15.7. The number of ketones is 1. The van der Waals surface area contributed by atoms with E-state index < -0.39 is 30.3 Å². The van der Waals surface area contributed by atoms with Gasteiger partial charge in [-0.25, -0.2) is 19.6 Å². The summed E-state index contributed by atoms with van der Waals surface area (Å²) in [6.07, 6.45) is 4.18. The lowest BCUT2D eigenvalue weighted by Gasteiger charge is -2.30. The fraction of sp³-hybridized carbons (Fsp3) is 0.432. The number of likely N-dealkylation sites (tertiary alicyclic amines) is 2. The number of nitrogens with zero attached hydrogens (tertiary/aromatic N) is 4. The molecule has 0 bridgehead atoms. The summed E-state index contributed by atoms with van der Waals surface area (Å²) < 4.78 is 9.49. The van der Waals surface area contributed by atoms with Crippen molar-refractivity contribution in [1.29, 1.82) is 0 Å². The van der Waals surface area contributed by atoms with Crippen molar-refractivity contribution in [2.24, 2.45) is 17.8 Å². The van der Waals surface area contributed by atoms with E-state index in [2.05, 4.69) is 42.4 Å². The van der Waals surface area contributed by atoms with Gasteiger partial charge in [-0.1, -0.05) is 63.8 Å². The van der Waals surface area contributed by atoms with Crippen LogP contribution in [0.1, 0.15) is 88.7 Å². The van der Waals surface area contributed by atoms with Crippen LogP contribution in [0.5, 0.6) is 0 Å². The molecule has 4 N–H and O–H groups in total. The highest BCUT2D eigenvalue weighted by atomic mass is 16.5. The van der Waals surface area contributed by atoms with Gasteiger partial charge in [0.15, 0.2) is 0 Å². The Labute approximate surface area is 344 Å². The number of hydrogen-bond acceptors (Lipinski definition) is 9. The van der Waals surface area contributed by atoms with Gasteiger partial charge in [0.2, 0.25) is 11.8 Å².